The molecule has 0 aromatic heterocycles. The molecule has 8 aliphatic heterocycles. The van der Waals surface area contributed by atoms with E-state index in [4.69, 9.17) is 66.3 Å². The highest BCUT2D eigenvalue weighted by Crippen LogP contribution is 2.71. The third kappa shape index (κ3) is 12.8. The van der Waals surface area contributed by atoms with E-state index in [-0.39, 0.29) is 23.0 Å². The summed E-state index contributed by atoms with van der Waals surface area (Å²) >= 11 is 0. The Balaban J connectivity index is 0.656. The van der Waals surface area contributed by atoms with Crippen LogP contribution < -0.4 is 0 Å². The van der Waals surface area contributed by atoms with E-state index in [1.54, 1.807) is 0 Å². The summed E-state index contributed by atoms with van der Waals surface area (Å²) in [5, 5.41) is 188. The van der Waals surface area contributed by atoms with Crippen LogP contribution in [0.3, 0.4) is 0 Å². The third-order valence-corrected chi connectivity index (χ3v) is 24.5. The molecule has 0 radical (unpaired) electrons. The van der Waals surface area contributed by atoms with Crippen LogP contribution in [0.1, 0.15) is 106 Å². The van der Waals surface area contributed by atoms with E-state index in [9.17, 15) is 86.8 Å². The first kappa shape index (κ1) is 72.5. The Morgan fingerprint density at radius 1 is 0.383 bits per heavy atom. The summed E-state index contributed by atoms with van der Waals surface area (Å²) in [5.41, 5.74) is 0.250. The summed E-state index contributed by atoms with van der Waals surface area (Å²) in [4.78, 5) is 0. The molecule has 31 heteroatoms. The average Bonchev–Trinajstić information content (AvgIpc) is 1.51. The van der Waals surface area contributed by atoms with E-state index < -0.39 is 216 Å². The van der Waals surface area contributed by atoms with Gasteiger partial charge in [-0.05, 0) is 118 Å². The fourth-order valence-corrected chi connectivity index (χ4v) is 19.0. The zero-order chi connectivity index (χ0) is 67.5. The maximum Gasteiger partial charge on any atom is 0.187 e. The van der Waals surface area contributed by atoms with Gasteiger partial charge in [0.15, 0.2) is 43.5 Å². The van der Waals surface area contributed by atoms with Crippen molar-refractivity contribution in [1.82, 2.24) is 0 Å². The largest absolute Gasteiger partial charge is 0.394 e. The summed E-state index contributed by atoms with van der Waals surface area (Å²) in [6.07, 6.45) is -43.6. The Morgan fingerprint density at radius 3 is 1.39 bits per heavy atom. The molecule has 542 valence electrons. The van der Waals surface area contributed by atoms with Crippen molar-refractivity contribution in [3.05, 3.63) is 0 Å². The lowest BCUT2D eigenvalue weighted by Crippen LogP contribution is -2.68. The zero-order valence-electron chi connectivity index (χ0n) is 53.9. The van der Waals surface area contributed by atoms with Crippen molar-refractivity contribution < 1.29 is 153 Å². The van der Waals surface area contributed by atoms with Gasteiger partial charge < -0.3 is 153 Å². The summed E-state index contributed by atoms with van der Waals surface area (Å²) < 4.78 is 84.4. The lowest BCUT2D eigenvalue weighted by molar-refractivity contribution is -0.401. The van der Waals surface area contributed by atoms with Crippen LogP contribution in [0.15, 0.2) is 0 Å². The van der Waals surface area contributed by atoms with Crippen molar-refractivity contribution >= 4 is 0 Å². The quantitative estimate of drug-likeness (QED) is 0.0642. The summed E-state index contributed by atoms with van der Waals surface area (Å²) in [7, 11) is 0. The van der Waals surface area contributed by atoms with Crippen LogP contribution in [-0.4, -0.2) is 322 Å². The monoisotopic (exact) mass is 1360 g/mol. The topological polar surface area (TPSA) is 473 Å². The number of ether oxygens (including phenoxy) is 14. The molecule has 8 heterocycles. The minimum absolute atomic E-state index is 0.0700. The minimum atomic E-state index is -2.19. The normalized spacial score (nSPS) is 57.8. The maximum atomic E-state index is 11.8. The van der Waals surface area contributed by atoms with Crippen LogP contribution in [0.25, 0.3) is 0 Å². The first-order valence-corrected chi connectivity index (χ1v) is 34.1. The van der Waals surface area contributed by atoms with Gasteiger partial charge in [-0.3, -0.25) is 0 Å². The highest BCUT2D eigenvalue weighted by molar-refractivity contribution is 5.16. The molecular weight excluding hydrogens is 1250 g/mol. The van der Waals surface area contributed by atoms with Crippen molar-refractivity contribution in [2.45, 2.75) is 308 Å². The van der Waals surface area contributed by atoms with E-state index in [0.717, 1.165) is 58.0 Å². The van der Waals surface area contributed by atoms with Crippen LogP contribution >= 0.6 is 0 Å². The summed E-state index contributed by atoms with van der Waals surface area (Å²) in [5.74, 6) is 2.91. The maximum absolute atomic E-state index is 11.8. The SMILES string of the molecule is C[C@@H]1CC[C@@]2(OC1)O[C@@H]1C[C@H]3[C@@H]4CC[C@H]5C[C@H](O[C@H]6O[C@@H](CO)[C@H](O[C@H]7O[C@@H](CO)[C@H](O)[C@@H](O[C@H]8O[C@@H](CO)[C@H](O[C@H]9O[C@@H](C)[C@H](O)[C@@H](O)[C@@H]9O[C@H]9O[C@@H](CO)[C@H](O[C@H]%10O[C@@H](C)[C@H](O)[C@@H](O)[C@@H]%10O)[C@@H](O)[C@@H]9O)[C@@H](O)[C@@H]8O)[C@@H]7O)[C@@H](O)[C@@H]6O)CC[C@@]5(C)[C@H]4CC[C@@]3(C)[C@@H]1[C@H]2C. The van der Waals surface area contributed by atoms with Gasteiger partial charge in [-0.1, -0.05) is 27.7 Å². The van der Waals surface area contributed by atoms with Crippen molar-refractivity contribution in [3.63, 3.8) is 0 Å². The van der Waals surface area contributed by atoms with E-state index in [1.807, 2.05) is 0 Å². The van der Waals surface area contributed by atoms with Gasteiger partial charge in [0.2, 0.25) is 0 Å². The molecule has 1 spiro atoms. The first-order valence-electron chi connectivity index (χ1n) is 34.1. The second kappa shape index (κ2) is 28.5. The molecule has 0 bridgehead atoms. The molecule has 4 aliphatic carbocycles. The Kier molecular flexibility index (Phi) is 22.0. The molecule has 0 aromatic carbocycles. The van der Waals surface area contributed by atoms with Crippen LogP contribution in [0.2, 0.25) is 0 Å². The molecule has 94 heavy (non-hydrogen) atoms. The lowest BCUT2D eigenvalue weighted by atomic mass is 9.44. The standard InChI is InChI=1S/C63H104O31/c1-22-9-14-63(81-21-22)23(2)36-31(94-63)16-30-28-8-7-26-15-27(10-12-61(26,5)29(28)11-13-62(30,36)6)84-56-46(77)42(73)51(33(18-65)86-56)90-59-49(80)53(39(70)32(17-64)85-59)92-57-47(78)44(75)52(35(20-67)87-57)91-60-54(41(72)38(69)25(4)83-60)93-58-48(79)43(74)50(34(19-66)88-58)89-55-45(76)40(71)37(68)24(3)82-55/h22-60,64-80H,7-21H2,1-6H3/t22-,23-,24+,25+,26+,27-,28-,29+,30+,31-,32+,33+,34+,35+,36-,37+,38+,39+,40-,41-,42+,43+,44+,45+,46+,47+,48+,49+,50+,51+,52+,53-,54+,55-,56+,57-,58-,59-,60-,61-,62-,63-/m1/s1. The second-order valence-corrected chi connectivity index (χ2v) is 29.9. The van der Waals surface area contributed by atoms with Crippen molar-refractivity contribution in [2.24, 2.45) is 52.3 Å². The Bertz CT molecular complexity index is 2480. The van der Waals surface area contributed by atoms with Crippen molar-refractivity contribution in [2.75, 3.05) is 33.0 Å². The van der Waals surface area contributed by atoms with E-state index >= 15 is 0 Å². The highest BCUT2D eigenvalue weighted by atomic mass is 16.8. The number of hydrogen-bond donors (Lipinski definition) is 17. The molecule has 12 rings (SSSR count). The zero-order valence-corrected chi connectivity index (χ0v) is 53.9. The third-order valence-electron chi connectivity index (χ3n) is 24.5. The molecule has 12 fully saturated rings. The van der Waals surface area contributed by atoms with Gasteiger partial charge in [-0.25, -0.2) is 0 Å². The molecular formula is C63H104O31. The van der Waals surface area contributed by atoms with Gasteiger partial charge in [0.05, 0.1) is 57.5 Å². The van der Waals surface area contributed by atoms with E-state index in [0.29, 0.717) is 54.3 Å². The summed E-state index contributed by atoms with van der Waals surface area (Å²) in [6.45, 7) is 9.40. The number of hydrogen-bond acceptors (Lipinski definition) is 31. The molecule has 0 unspecified atom stereocenters. The van der Waals surface area contributed by atoms with Crippen molar-refractivity contribution in [1.29, 1.82) is 0 Å². The Labute approximate surface area is 544 Å². The van der Waals surface area contributed by atoms with Crippen LogP contribution in [0.4, 0.5) is 0 Å². The molecule has 17 N–H and O–H groups in total. The van der Waals surface area contributed by atoms with Crippen LogP contribution in [0, 0.1) is 52.3 Å². The van der Waals surface area contributed by atoms with Crippen LogP contribution in [0.5, 0.6) is 0 Å². The van der Waals surface area contributed by atoms with Gasteiger partial charge in [0.25, 0.3) is 0 Å². The lowest BCUT2D eigenvalue weighted by Gasteiger charge is -2.61. The second-order valence-electron chi connectivity index (χ2n) is 29.9. The van der Waals surface area contributed by atoms with Gasteiger partial charge in [0.1, 0.15) is 134 Å². The molecule has 12 aliphatic rings. The van der Waals surface area contributed by atoms with E-state index in [1.165, 1.54) is 13.8 Å². The van der Waals surface area contributed by atoms with Crippen LogP contribution in [-0.2, 0) is 66.3 Å². The first-order chi connectivity index (χ1) is 44.6. The molecule has 4 saturated carbocycles. The van der Waals surface area contributed by atoms with Gasteiger partial charge in [-0.15, -0.1) is 0 Å². The van der Waals surface area contributed by atoms with E-state index in [2.05, 4.69) is 27.7 Å². The predicted octanol–water partition coefficient (Wildman–Crippen LogP) is -5.21. The fourth-order valence-electron chi connectivity index (χ4n) is 19.0. The molecule has 42 atom stereocenters. The molecule has 0 aromatic rings. The summed E-state index contributed by atoms with van der Waals surface area (Å²) in [6, 6.07) is 0. The van der Waals surface area contributed by atoms with Gasteiger partial charge in [-0.2, -0.15) is 0 Å². The minimum Gasteiger partial charge on any atom is -0.394 e. The number of aliphatic hydroxyl groups is 17. The van der Waals surface area contributed by atoms with Gasteiger partial charge in [0, 0.05) is 12.3 Å². The fraction of sp³-hybridized carbons (Fsp3) is 1.00. The number of aliphatic hydroxyl groups excluding tert-OH is 17. The number of rotatable bonds is 16. The average molecular weight is 1360 g/mol. The molecule has 31 nitrogen and oxygen atoms in total. The molecule has 8 saturated heterocycles. The predicted molar refractivity (Wildman–Crippen MR) is 311 cm³/mol. The van der Waals surface area contributed by atoms with Crippen molar-refractivity contribution in [3.8, 4) is 0 Å². The van der Waals surface area contributed by atoms with Gasteiger partial charge >= 0.3 is 0 Å². The number of fused-ring (bicyclic) bond motifs is 7. The Hall–Kier alpha value is -1.24. The Morgan fingerprint density at radius 2 is 0.840 bits per heavy atom. The highest BCUT2D eigenvalue weighted by Gasteiger charge is 2.70. The molecule has 0 amide bonds. The smallest absolute Gasteiger partial charge is 0.187 e.